The standard InChI is InChI=1S/C31H28N6O4/c1-5-37-25(20-9-11-21(12-10-20)26-19(3)41-36(4)31(26)40)17-23-15-18(2)34-27(28(23)37)30(39)35-24-8-6-7-22(16-24)29(38)33-14-13-32/h6-12,15-17H,5,14H2,1-4H3,(H,33,38)(H,35,39). The second-order valence-electron chi connectivity index (χ2n) is 9.60. The Morgan fingerprint density at radius 2 is 1.76 bits per heavy atom. The molecule has 0 aliphatic heterocycles. The Labute approximate surface area is 235 Å². The van der Waals surface area contributed by atoms with Crippen molar-refractivity contribution in [2.24, 2.45) is 7.05 Å². The molecule has 0 aliphatic carbocycles. The van der Waals surface area contributed by atoms with E-state index < -0.39 is 11.8 Å². The molecule has 206 valence electrons. The van der Waals surface area contributed by atoms with Crippen LogP contribution in [-0.2, 0) is 13.6 Å². The number of nitrogens with one attached hydrogen (secondary N) is 2. The lowest BCUT2D eigenvalue weighted by Gasteiger charge is -2.12. The Morgan fingerprint density at radius 3 is 2.41 bits per heavy atom. The number of benzene rings is 2. The number of hydrogen-bond acceptors (Lipinski definition) is 6. The topological polar surface area (TPSA) is 135 Å². The number of carbonyl (C=O) groups is 2. The minimum atomic E-state index is -0.408. The van der Waals surface area contributed by atoms with Gasteiger partial charge in [-0.15, -0.1) is 0 Å². The smallest absolute Gasteiger partial charge is 0.290 e. The maximum atomic E-state index is 13.5. The van der Waals surface area contributed by atoms with Gasteiger partial charge in [0, 0.05) is 41.6 Å². The second kappa shape index (κ2) is 11.0. The third-order valence-electron chi connectivity index (χ3n) is 6.84. The summed E-state index contributed by atoms with van der Waals surface area (Å²) >= 11 is 0. The highest BCUT2D eigenvalue weighted by molar-refractivity contribution is 6.12. The van der Waals surface area contributed by atoms with Crippen LogP contribution in [0.15, 0.2) is 70.0 Å². The van der Waals surface area contributed by atoms with Crippen LogP contribution in [0.2, 0.25) is 0 Å². The van der Waals surface area contributed by atoms with Crippen LogP contribution in [0.3, 0.4) is 0 Å². The number of nitriles is 1. The Hall–Kier alpha value is -5.43. The Balaban J connectivity index is 1.51. The van der Waals surface area contributed by atoms with Crippen LogP contribution >= 0.6 is 0 Å². The number of amides is 2. The van der Waals surface area contributed by atoms with E-state index >= 15 is 0 Å². The monoisotopic (exact) mass is 548 g/mol. The number of anilines is 1. The van der Waals surface area contributed by atoms with E-state index in [9.17, 15) is 14.4 Å². The molecule has 0 saturated carbocycles. The van der Waals surface area contributed by atoms with Gasteiger partial charge in [-0.05, 0) is 62.2 Å². The number of rotatable bonds is 7. The lowest BCUT2D eigenvalue weighted by atomic mass is 10.0. The molecule has 3 heterocycles. The molecule has 10 heteroatoms. The van der Waals surface area contributed by atoms with E-state index in [1.54, 1.807) is 38.2 Å². The zero-order valence-corrected chi connectivity index (χ0v) is 23.1. The summed E-state index contributed by atoms with van der Waals surface area (Å²) in [6.45, 7) is 6.08. The average Bonchev–Trinajstić information content (AvgIpc) is 3.46. The summed E-state index contributed by atoms with van der Waals surface area (Å²) in [5, 5.41) is 15.0. The molecular formula is C31H28N6O4. The molecule has 0 atom stereocenters. The first-order valence-corrected chi connectivity index (χ1v) is 13.1. The zero-order chi connectivity index (χ0) is 29.3. The van der Waals surface area contributed by atoms with E-state index in [2.05, 4.69) is 15.6 Å². The predicted octanol–water partition coefficient (Wildman–Crippen LogP) is 4.80. The Kier molecular flexibility index (Phi) is 7.27. The quantitative estimate of drug-likeness (QED) is 0.281. The van der Waals surface area contributed by atoms with E-state index in [4.69, 9.17) is 9.78 Å². The van der Waals surface area contributed by atoms with E-state index in [1.807, 2.05) is 60.9 Å². The van der Waals surface area contributed by atoms with Crippen LogP contribution in [-0.4, -0.2) is 32.6 Å². The molecule has 3 aromatic heterocycles. The lowest BCUT2D eigenvalue weighted by Crippen LogP contribution is -2.23. The van der Waals surface area contributed by atoms with Crippen molar-refractivity contribution in [2.75, 3.05) is 11.9 Å². The van der Waals surface area contributed by atoms with Crippen molar-refractivity contribution < 1.29 is 14.1 Å². The van der Waals surface area contributed by atoms with Crippen molar-refractivity contribution in [3.8, 4) is 28.5 Å². The molecule has 0 bridgehead atoms. The first-order chi connectivity index (χ1) is 19.7. The summed E-state index contributed by atoms with van der Waals surface area (Å²) in [7, 11) is 1.58. The SMILES string of the molecule is CCn1c(-c2ccc(-c3c(C)on(C)c3=O)cc2)cc2cc(C)nc(C(=O)Nc3cccc(C(=O)NCC#N)c3)c21. The van der Waals surface area contributed by atoms with Gasteiger partial charge in [-0.2, -0.15) is 10.0 Å². The fourth-order valence-corrected chi connectivity index (χ4v) is 5.04. The first-order valence-electron chi connectivity index (χ1n) is 13.1. The fraction of sp³-hybridized carbons (Fsp3) is 0.194. The van der Waals surface area contributed by atoms with Crippen molar-refractivity contribution in [3.63, 3.8) is 0 Å². The molecule has 0 saturated heterocycles. The maximum absolute atomic E-state index is 13.5. The van der Waals surface area contributed by atoms with Crippen LogP contribution < -0.4 is 16.2 Å². The number of fused-ring (bicyclic) bond motifs is 1. The van der Waals surface area contributed by atoms with Gasteiger partial charge in [0.25, 0.3) is 17.4 Å². The van der Waals surface area contributed by atoms with Crippen LogP contribution in [0.1, 0.15) is 39.2 Å². The minimum Gasteiger partial charge on any atom is -0.381 e. The second-order valence-corrected chi connectivity index (χ2v) is 9.60. The summed E-state index contributed by atoms with van der Waals surface area (Å²) < 4.78 is 8.70. The van der Waals surface area contributed by atoms with Crippen molar-refractivity contribution in [3.05, 3.63) is 93.7 Å². The molecule has 0 unspecified atom stereocenters. The molecule has 5 aromatic rings. The van der Waals surface area contributed by atoms with Crippen LogP contribution in [0.4, 0.5) is 5.69 Å². The Morgan fingerprint density at radius 1 is 1.02 bits per heavy atom. The van der Waals surface area contributed by atoms with Gasteiger partial charge in [0.15, 0.2) is 5.69 Å². The highest BCUT2D eigenvalue weighted by Gasteiger charge is 2.21. The summed E-state index contributed by atoms with van der Waals surface area (Å²) in [6, 6.07) is 20.0. The third-order valence-corrected chi connectivity index (χ3v) is 6.84. The van der Waals surface area contributed by atoms with Gasteiger partial charge in [-0.1, -0.05) is 30.3 Å². The highest BCUT2D eigenvalue weighted by atomic mass is 16.5. The van der Waals surface area contributed by atoms with Gasteiger partial charge < -0.3 is 19.7 Å². The van der Waals surface area contributed by atoms with Crippen LogP contribution in [0.25, 0.3) is 33.3 Å². The molecule has 41 heavy (non-hydrogen) atoms. The van der Waals surface area contributed by atoms with Crippen molar-refractivity contribution in [1.82, 2.24) is 19.6 Å². The van der Waals surface area contributed by atoms with Crippen molar-refractivity contribution in [1.29, 1.82) is 5.26 Å². The fourth-order valence-electron chi connectivity index (χ4n) is 5.04. The normalized spacial score (nSPS) is 10.9. The molecule has 0 aliphatic rings. The van der Waals surface area contributed by atoms with E-state index in [0.29, 0.717) is 40.3 Å². The largest absolute Gasteiger partial charge is 0.381 e. The van der Waals surface area contributed by atoms with Gasteiger partial charge in [-0.25, -0.2) is 4.98 Å². The Bertz CT molecular complexity index is 1900. The number of hydrogen-bond donors (Lipinski definition) is 2. The molecule has 5 rings (SSSR count). The lowest BCUT2D eigenvalue weighted by molar-refractivity contribution is 0.0957. The first kappa shape index (κ1) is 27.1. The summed E-state index contributed by atoms with van der Waals surface area (Å²) in [4.78, 5) is 42.9. The van der Waals surface area contributed by atoms with Gasteiger partial charge in [-0.3, -0.25) is 14.4 Å². The average molecular weight is 549 g/mol. The summed E-state index contributed by atoms with van der Waals surface area (Å²) in [5.41, 5.74) is 5.33. The maximum Gasteiger partial charge on any atom is 0.290 e. The number of aromatic nitrogens is 3. The molecule has 0 radical (unpaired) electrons. The molecule has 2 N–H and O–H groups in total. The predicted molar refractivity (Wildman–Crippen MR) is 156 cm³/mol. The van der Waals surface area contributed by atoms with Crippen molar-refractivity contribution in [2.45, 2.75) is 27.3 Å². The molecule has 0 fully saturated rings. The molecule has 2 aromatic carbocycles. The van der Waals surface area contributed by atoms with Gasteiger partial charge >= 0.3 is 0 Å². The van der Waals surface area contributed by atoms with E-state index in [-0.39, 0.29) is 17.8 Å². The number of pyridine rings is 1. The third kappa shape index (κ3) is 5.13. The van der Waals surface area contributed by atoms with Crippen LogP contribution in [0.5, 0.6) is 0 Å². The molecule has 10 nitrogen and oxygen atoms in total. The zero-order valence-electron chi connectivity index (χ0n) is 23.1. The summed E-state index contributed by atoms with van der Waals surface area (Å²) in [5.74, 6) is -0.259. The minimum absolute atomic E-state index is 0.110. The highest BCUT2D eigenvalue weighted by Crippen LogP contribution is 2.32. The number of nitrogens with zero attached hydrogens (tertiary/aromatic N) is 4. The van der Waals surface area contributed by atoms with Crippen LogP contribution in [0, 0.1) is 25.2 Å². The molecule has 2 amide bonds. The number of carbonyl (C=O) groups excluding carboxylic acids is 2. The van der Waals surface area contributed by atoms with E-state index in [1.165, 1.54) is 4.74 Å². The molecule has 0 spiro atoms. The molecular weight excluding hydrogens is 520 g/mol. The van der Waals surface area contributed by atoms with Gasteiger partial charge in [0.1, 0.15) is 12.3 Å². The van der Waals surface area contributed by atoms with E-state index in [0.717, 1.165) is 22.2 Å². The summed E-state index contributed by atoms with van der Waals surface area (Å²) in [6.07, 6.45) is 0. The number of aryl methyl sites for hydroxylation is 4. The van der Waals surface area contributed by atoms with Crippen molar-refractivity contribution >= 4 is 28.4 Å². The van der Waals surface area contributed by atoms with Gasteiger partial charge in [0.2, 0.25) is 0 Å². The van der Waals surface area contributed by atoms with Gasteiger partial charge in [0.05, 0.1) is 17.1 Å².